The topological polar surface area (TPSA) is 132 Å². The van der Waals surface area contributed by atoms with E-state index in [2.05, 4.69) is 10.6 Å². The predicted molar refractivity (Wildman–Crippen MR) is 120 cm³/mol. The van der Waals surface area contributed by atoms with E-state index >= 15 is 0 Å². The van der Waals surface area contributed by atoms with Crippen molar-refractivity contribution in [1.29, 1.82) is 0 Å². The Kier molecular flexibility index (Phi) is 7.91. The molecule has 2 aromatic rings. The van der Waals surface area contributed by atoms with Gasteiger partial charge in [0.05, 0.1) is 25.5 Å². The molecule has 1 aliphatic heterocycles. The first-order valence-electron chi connectivity index (χ1n) is 10.4. The first-order chi connectivity index (χ1) is 16.3. The molecule has 0 radical (unpaired) electrons. The molecule has 0 aliphatic carbocycles. The molecule has 0 bridgehead atoms. The van der Waals surface area contributed by atoms with Crippen molar-refractivity contribution in [3.05, 3.63) is 48.0 Å². The van der Waals surface area contributed by atoms with Crippen molar-refractivity contribution in [3.63, 3.8) is 0 Å². The molecule has 2 N–H and O–H groups in total. The minimum atomic E-state index is -1.16. The molecule has 1 atom stereocenters. The fourth-order valence-corrected chi connectivity index (χ4v) is 3.17. The number of nitrogens with zero attached hydrogens (tertiary/aromatic N) is 1. The number of methoxy groups -OCH3 is 2. The Morgan fingerprint density at radius 1 is 1.06 bits per heavy atom. The SMILES string of the molecule is COc1ccccc1NC(=O)COc1ccc(C(=O)OC(C)C(=O)N2CCNC2=O)cc1OC. The number of para-hydroxylation sites is 2. The fourth-order valence-electron chi connectivity index (χ4n) is 3.17. The summed E-state index contributed by atoms with van der Waals surface area (Å²) in [7, 11) is 2.88. The van der Waals surface area contributed by atoms with E-state index in [9.17, 15) is 19.2 Å². The third kappa shape index (κ3) is 5.74. The lowest BCUT2D eigenvalue weighted by molar-refractivity contribution is -0.136. The highest BCUT2D eigenvalue weighted by Gasteiger charge is 2.32. The standard InChI is InChI=1S/C23H25N3O8/c1-14(21(28)26-11-10-24-23(26)30)34-22(29)15-8-9-18(19(12-15)32-3)33-13-20(27)25-16-6-4-5-7-17(16)31-2/h4-9,12,14H,10-11,13H2,1-3H3,(H,24,30)(H,25,27). The van der Waals surface area contributed by atoms with Crippen LogP contribution in [0.15, 0.2) is 42.5 Å². The van der Waals surface area contributed by atoms with Gasteiger partial charge in [-0.3, -0.25) is 14.5 Å². The van der Waals surface area contributed by atoms with Gasteiger partial charge in [0.2, 0.25) is 0 Å². The molecule has 1 heterocycles. The third-order valence-electron chi connectivity index (χ3n) is 4.89. The molecule has 2 aromatic carbocycles. The maximum atomic E-state index is 12.5. The van der Waals surface area contributed by atoms with E-state index in [0.29, 0.717) is 18.0 Å². The minimum absolute atomic E-state index is 0.105. The van der Waals surface area contributed by atoms with Crippen molar-refractivity contribution in [2.45, 2.75) is 13.0 Å². The summed E-state index contributed by atoms with van der Waals surface area (Å²) < 4.78 is 21.2. The van der Waals surface area contributed by atoms with Crippen molar-refractivity contribution >= 4 is 29.5 Å². The van der Waals surface area contributed by atoms with Gasteiger partial charge in [0, 0.05) is 13.1 Å². The largest absolute Gasteiger partial charge is 0.495 e. The molecule has 11 heteroatoms. The van der Waals surface area contributed by atoms with Gasteiger partial charge in [-0.15, -0.1) is 0 Å². The van der Waals surface area contributed by atoms with Crippen LogP contribution in [0.2, 0.25) is 0 Å². The maximum absolute atomic E-state index is 12.5. The van der Waals surface area contributed by atoms with E-state index in [0.717, 1.165) is 4.90 Å². The van der Waals surface area contributed by atoms with E-state index in [-0.39, 0.29) is 30.2 Å². The molecule has 1 unspecified atom stereocenters. The van der Waals surface area contributed by atoms with Gasteiger partial charge in [0.1, 0.15) is 5.75 Å². The summed E-state index contributed by atoms with van der Waals surface area (Å²) in [6.45, 7) is 1.63. The number of anilines is 1. The van der Waals surface area contributed by atoms with E-state index in [4.69, 9.17) is 18.9 Å². The number of carbonyl (C=O) groups is 4. The van der Waals surface area contributed by atoms with Crippen molar-refractivity contribution < 1.29 is 38.1 Å². The third-order valence-corrected chi connectivity index (χ3v) is 4.89. The summed E-state index contributed by atoms with van der Waals surface area (Å²) in [5.74, 6) is -0.886. The lowest BCUT2D eigenvalue weighted by Gasteiger charge is -2.18. The van der Waals surface area contributed by atoms with Crippen LogP contribution in [0.4, 0.5) is 10.5 Å². The highest BCUT2D eigenvalue weighted by molar-refractivity contribution is 5.99. The predicted octanol–water partition coefficient (Wildman–Crippen LogP) is 1.82. The highest BCUT2D eigenvalue weighted by Crippen LogP contribution is 2.29. The number of hydrogen-bond acceptors (Lipinski definition) is 8. The zero-order valence-corrected chi connectivity index (χ0v) is 19.0. The van der Waals surface area contributed by atoms with Crippen LogP contribution in [-0.4, -0.2) is 68.7 Å². The number of esters is 1. The van der Waals surface area contributed by atoms with Crippen molar-refractivity contribution in [2.75, 3.05) is 39.2 Å². The Labute approximate surface area is 195 Å². The summed E-state index contributed by atoms with van der Waals surface area (Å²) in [5.41, 5.74) is 0.604. The fraction of sp³-hybridized carbons (Fsp3) is 0.304. The van der Waals surface area contributed by atoms with Crippen molar-refractivity contribution in [2.24, 2.45) is 0 Å². The van der Waals surface area contributed by atoms with Gasteiger partial charge in [-0.1, -0.05) is 12.1 Å². The lowest BCUT2D eigenvalue weighted by atomic mass is 10.2. The molecule has 0 aromatic heterocycles. The van der Waals surface area contributed by atoms with Gasteiger partial charge in [-0.05, 0) is 37.3 Å². The van der Waals surface area contributed by atoms with Crippen LogP contribution in [0.1, 0.15) is 17.3 Å². The van der Waals surface area contributed by atoms with Crippen LogP contribution >= 0.6 is 0 Å². The molecule has 34 heavy (non-hydrogen) atoms. The molecule has 1 fully saturated rings. The number of rotatable bonds is 9. The van der Waals surface area contributed by atoms with E-state index in [1.54, 1.807) is 24.3 Å². The van der Waals surface area contributed by atoms with E-state index in [1.807, 2.05) is 0 Å². The van der Waals surface area contributed by atoms with Gasteiger partial charge >= 0.3 is 12.0 Å². The summed E-state index contributed by atoms with van der Waals surface area (Å²) in [6, 6.07) is 10.7. The molecule has 11 nitrogen and oxygen atoms in total. The first-order valence-corrected chi connectivity index (χ1v) is 10.4. The number of urea groups is 1. The first kappa shape index (κ1) is 24.4. The Bertz CT molecular complexity index is 1090. The summed E-state index contributed by atoms with van der Waals surface area (Å²) in [5, 5.41) is 5.20. The molecular formula is C23H25N3O8. The quantitative estimate of drug-likeness (QED) is 0.529. The second-order valence-electron chi connectivity index (χ2n) is 7.17. The van der Waals surface area contributed by atoms with Gasteiger partial charge < -0.3 is 29.6 Å². The highest BCUT2D eigenvalue weighted by atomic mass is 16.5. The van der Waals surface area contributed by atoms with Crippen LogP contribution in [0.25, 0.3) is 0 Å². The van der Waals surface area contributed by atoms with Crippen LogP contribution in [0.5, 0.6) is 17.2 Å². The monoisotopic (exact) mass is 471 g/mol. The summed E-state index contributed by atoms with van der Waals surface area (Å²) >= 11 is 0. The van der Waals surface area contributed by atoms with E-state index < -0.39 is 29.9 Å². The zero-order valence-electron chi connectivity index (χ0n) is 19.0. The molecular weight excluding hydrogens is 446 g/mol. The lowest BCUT2D eigenvalue weighted by Crippen LogP contribution is -2.41. The Morgan fingerprint density at radius 2 is 1.79 bits per heavy atom. The van der Waals surface area contributed by atoms with Gasteiger partial charge in [0.15, 0.2) is 24.2 Å². The zero-order chi connectivity index (χ0) is 24.7. The number of amides is 4. The molecule has 0 saturated carbocycles. The Hall–Kier alpha value is -4.28. The van der Waals surface area contributed by atoms with Crippen molar-refractivity contribution in [1.82, 2.24) is 10.2 Å². The molecule has 180 valence electrons. The Balaban J connectivity index is 1.60. The average Bonchev–Trinajstić information content (AvgIpc) is 3.27. The average molecular weight is 471 g/mol. The number of ether oxygens (including phenoxy) is 4. The Morgan fingerprint density at radius 3 is 2.47 bits per heavy atom. The van der Waals surface area contributed by atoms with E-state index in [1.165, 1.54) is 39.3 Å². The molecule has 1 saturated heterocycles. The number of benzene rings is 2. The second kappa shape index (κ2) is 11.0. The normalized spacial score (nSPS) is 13.5. The molecule has 0 spiro atoms. The van der Waals surface area contributed by atoms with Gasteiger partial charge in [0.25, 0.3) is 11.8 Å². The molecule has 3 rings (SSSR count). The number of hydrogen-bond donors (Lipinski definition) is 2. The van der Waals surface area contributed by atoms with Crippen LogP contribution in [-0.2, 0) is 14.3 Å². The second-order valence-corrected chi connectivity index (χ2v) is 7.17. The van der Waals surface area contributed by atoms with Gasteiger partial charge in [-0.2, -0.15) is 0 Å². The number of carbonyl (C=O) groups excluding carboxylic acids is 4. The summed E-state index contributed by atoms with van der Waals surface area (Å²) in [4.78, 5) is 49.7. The van der Waals surface area contributed by atoms with Crippen molar-refractivity contribution in [3.8, 4) is 17.2 Å². The maximum Gasteiger partial charge on any atom is 0.339 e. The van der Waals surface area contributed by atoms with Crippen LogP contribution < -0.4 is 24.8 Å². The van der Waals surface area contributed by atoms with Crippen LogP contribution in [0, 0.1) is 0 Å². The van der Waals surface area contributed by atoms with Crippen LogP contribution in [0.3, 0.4) is 0 Å². The smallest absolute Gasteiger partial charge is 0.339 e. The van der Waals surface area contributed by atoms with Gasteiger partial charge in [-0.25, -0.2) is 9.59 Å². The number of nitrogens with one attached hydrogen (secondary N) is 2. The molecule has 1 aliphatic rings. The number of imide groups is 1. The molecule has 4 amide bonds. The summed E-state index contributed by atoms with van der Waals surface area (Å²) in [6.07, 6.45) is -1.16. The minimum Gasteiger partial charge on any atom is -0.495 e.